The van der Waals surface area contributed by atoms with Crippen LogP contribution < -0.4 is 0 Å². The van der Waals surface area contributed by atoms with E-state index in [-0.39, 0.29) is 0 Å². The van der Waals surface area contributed by atoms with Gasteiger partial charge >= 0.3 is 0 Å². The molecule has 46 valence electrons. The summed E-state index contributed by atoms with van der Waals surface area (Å²) in [4.78, 5) is 10.2. The summed E-state index contributed by atoms with van der Waals surface area (Å²) < 4.78 is 0. The number of aliphatic hydroxyl groups is 2. The van der Waals surface area contributed by atoms with E-state index in [0.717, 1.165) is 6.08 Å². The molecule has 0 aliphatic carbocycles. The van der Waals surface area contributed by atoms with Crippen molar-refractivity contribution in [1.82, 2.24) is 0 Å². The van der Waals surface area contributed by atoms with Crippen LogP contribution in [-0.4, -0.2) is 28.7 Å². The summed E-state index contributed by atoms with van der Waals surface area (Å²) in [7, 11) is 0. The molecule has 0 aliphatic heterocycles. The Bertz CT molecular complexity index is 97.8. The first kappa shape index (κ1) is 7.33. The molecule has 3 heteroatoms. The van der Waals surface area contributed by atoms with Crippen LogP contribution in [0.5, 0.6) is 0 Å². The van der Waals surface area contributed by atoms with Gasteiger partial charge in [0, 0.05) is 0 Å². The van der Waals surface area contributed by atoms with Crippen molar-refractivity contribution in [2.24, 2.45) is 0 Å². The van der Waals surface area contributed by atoms with Crippen LogP contribution in [0.2, 0.25) is 0 Å². The molecule has 0 spiro atoms. The Morgan fingerprint density at radius 3 is 2.50 bits per heavy atom. The first-order chi connectivity index (χ1) is 3.72. The van der Waals surface area contributed by atoms with E-state index in [0.29, 0.717) is 0 Å². The fourth-order valence-corrected chi connectivity index (χ4v) is 0.226. The molecule has 8 heavy (non-hydrogen) atoms. The van der Waals surface area contributed by atoms with E-state index in [4.69, 9.17) is 10.2 Å². The third kappa shape index (κ3) is 1.86. The zero-order valence-corrected chi connectivity index (χ0v) is 4.37. The molecule has 2 N–H and O–H groups in total. The topological polar surface area (TPSA) is 57.5 Å². The fourth-order valence-electron chi connectivity index (χ4n) is 0.226. The summed E-state index contributed by atoms with van der Waals surface area (Å²) in [6, 6.07) is 0. The summed E-state index contributed by atoms with van der Waals surface area (Å²) in [5.74, 6) is -0.549. The van der Waals surface area contributed by atoms with Gasteiger partial charge in [0.2, 0.25) is 0 Å². The van der Waals surface area contributed by atoms with Gasteiger partial charge in [-0.2, -0.15) is 0 Å². The van der Waals surface area contributed by atoms with Crippen molar-refractivity contribution in [3.8, 4) is 0 Å². The van der Waals surface area contributed by atoms with E-state index in [1.807, 2.05) is 0 Å². The van der Waals surface area contributed by atoms with Crippen molar-refractivity contribution in [3.63, 3.8) is 0 Å². The average Bonchev–Trinajstić information content (AvgIpc) is 1.84. The molecule has 0 aromatic rings. The second-order valence-electron chi connectivity index (χ2n) is 1.30. The number of hydrogen-bond acceptors (Lipinski definition) is 3. The van der Waals surface area contributed by atoms with Gasteiger partial charge in [-0.15, -0.1) is 0 Å². The van der Waals surface area contributed by atoms with Crippen molar-refractivity contribution in [2.45, 2.75) is 6.10 Å². The van der Waals surface area contributed by atoms with Gasteiger partial charge < -0.3 is 10.2 Å². The van der Waals surface area contributed by atoms with Crippen molar-refractivity contribution < 1.29 is 15.0 Å². The minimum atomic E-state index is -1.28. The lowest BCUT2D eigenvalue weighted by Crippen LogP contribution is -2.21. The highest BCUT2D eigenvalue weighted by molar-refractivity contribution is 5.92. The number of rotatable bonds is 3. The minimum Gasteiger partial charge on any atom is -0.393 e. The third-order valence-corrected chi connectivity index (χ3v) is 0.703. The van der Waals surface area contributed by atoms with Crippen LogP contribution in [-0.2, 0) is 4.79 Å². The van der Waals surface area contributed by atoms with E-state index in [1.54, 1.807) is 0 Å². The Balaban J connectivity index is 3.62. The molecule has 0 saturated carbocycles. The molecule has 0 saturated heterocycles. The zero-order valence-electron chi connectivity index (χ0n) is 4.37. The van der Waals surface area contributed by atoms with Crippen LogP contribution >= 0.6 is 0 Å². The number of carbonyl (C=O) groups is 1. The molecule has 0 aromatic heterocycles. The van der Waals surface area contributed by atoms with Gasteiger partial charge in [0.15, 0.2) is 5.78 Å². The van der Waals surface area contributed by atoms with Crippen LogP contribution in [0.25, 0.3) is 0 Å². The molecule has 0 bridgehead atoms. The fraction of sp³-hybridized carbons (Fsp3) is 0.400. The molecule has 0 rings (SSSR count). The molecule has 0 heterocycles. The first-order valence-electron chi connectivity index (χ1n) is 2.17. The summed E-state index contributed by atoms with van der Waals surface area (Å²) in [5, 5.41) is 16.6. The van der Waals surface area contributed by atoms with Crippen LogP contribution in [0.1, 0.15) is 0 Å². The Morgan fingerprint density at radius 1 is 1.88 bits per heavy atom. The molecule has 3 nitrogen and oxygen atoms in total. The van der Waals surface area contributed by atoms with Crippen LogP contribution in [0.4, 0.5) is 0 Å². The molecule has 0 fully saturated rings. The lowest BCUT2D eigenvalue weighted by atomic mass is 10.2. The highest BCUT2D eigenvalue weighted by Gasteiger charge is 2.07. The Morgan fingerprint density at radius 2 is 2.38 bits per heavy atom. The number of aliphatic hydroxyl groups excluding tert-OH is 2. The Labute approximate surface area is 47.3 Å². The monoisotopic (exact) mass is 116 g/mol. The summed E-state index contributed by atoms with van der Waals surface area (Å²) in [6.07, 6.45) is -0.312. The SMILES string of the molecule is C=CC(=O)C(O)CO. The second kappa shape index (κ2) is 3.35. The van der Waals surface area contributed by atoms with Crippen molar-refractivity contribution >= 4 is 5.78 Å². The van der Waals surface area contributed by atoms with E-state index in [9.17, 15) is 4.79 Å². The molecule has 0 radical (unpaired) electrons. The lowest BCUT2D eigenvalue weighted by molar-refractivity contribution is -0.123. The van der Waals surface area contributed by atoms with Gasteiger partial charge in [-0.3, -0.25) is 4.79 Å². The molecule has 0 aromatic carbocycles. The molecule has 0 amide bonds. The van der Waals surface area contributed by atoms with E-state index in [1.165, 1.54) is 0 Å². The maximum atomic E-state index is 10.2. The van der Waals surface area contributed by atoms with Gasteiger partial charge in [-0.25, -0.2) is 0 Å². The van der Waals surface area contributed by atoms with Gasteiger partial charge in [0.05, 0.1) is 6.61 Å². The predicted octanol–water partition coefficient (Wildman–Crippen LogP) is -0.905. The molecule has 1 unspecified atom stereocenters. The van der Waals surface area contributed by atoms with Gasteiger partial charge in [0.25, 0.3) is 0 Å². The summed E-state index contributed by atoms with van der Waals surface area (Å²) in [6.45, 7) is 2.57. The number of carbonyl (C=O) groups excluding carboxylic acids is 1. The van der Waals surface area contributed by atoms with Gasteiger partial charge in [-0.05, 0) is 6.08 Å². The standard InChI is InChI=1S/C5H8O3/c1-2-4(7)5(8)3-6/h2,5-6,8H,1,3H2. The molecule has 1 atom stereocenters. The van der Waals surface area contributed by atoms with Crippen LogP contribution in [0, 0.1) is 0 Å². The van der Waals surface area contributed by atoms with E-state index in [2.05, 4.69) is 6.58 Å². The summed E-state index contributed by atoms with van der Waals surface area (Å²) in [5.41, 5.74) is 0. The highest BCUT2D eigenvalue weighted by Crippen LogP contribution is 1.82. The Kier molecular flexibility index (Phi) is 3.07. The van der Waals surface area contributed by atoms with E-state index < -0.39 is 18.5 Å². The maximum absolute atomic E-state index is 10.2. The first-order valence-corrected chi connectivity index (χ1v) is 2.17. The smallest absolute Gasteiger partial charge is 0.185 e. The highest BCUT2D eigenvalue weighted by atomic mass is 16.3. The molecular weight excluding hydrogens is 108 g/mol. The molecular formula is C5H8O3. The summed E-state index contributed by atoms with van der Waals surface area (Å²) >= 11 is 0. The van der Waals surface area contributed by atoms with Gasteiger partial charge in [-0.1, -0.05) is 6.58 Å². The maximum Gasteiger partial charge on any atom is 0.185 e. The molecule has 0 aliphatic rings. The predicted molar refractivity (Wildman–Crippen MR) is 28.3 cm³/mol. The normalized spacial score (nSPS) is 12.8. The Hall–Kier alpha value is -0.670. The number of ketones is 1. The lowest BCUT2D eigenvalue weighted by Gasteiger charge is -1.98. The van der Waals surface area contributed by atoms with Crippen LogP contribution in [0.15, 0.2) is 12.7 Å². The minimum absolute atomic E-state index is 0.537. The average molecular weight is 116 g/mol. The quantitative estimate of drug-likeness (QED) is 0.469. The van der Waals surface area contributed by atoms with Gasteiger partial charge in [0.1, 0.15) is 6.10 Å². The van der Waals surface area contributed by atoms with Crippen LogP contribution in [0.3, 0.4) is 0 Å². The second-order valence-corrected chi connectivity index (χ2v) is 1.30. The zero-order chi connectivity index (χ0) is 6.57. The van der Waals surface area contributed by atoms with E-state index >= 15 is 0 Å². The van der Waals surface area contributed by atoms with Crippen molar-refractivity contribution in [2.75, 3.05) is 6.61 Å². The third-order valence-electron chi connectivity index (χ3n) is 0.703. The van der Waals surface area contributed by atoms with Crippen molar-refractivity contribution in [3.05, 3.63) is 12.7 Å². The number of hydrogen-bond donors (Lipinski definition) is 2. The largest absolute Gasteiger partial charge is 0.393 e. The van der Waals surface area contributed by atoms with Crippen molar-refractivity contribution in [1.29, 1.82) is 0 Å².